The number of carbonyl (C=O) groups is 1. The zero-order valence-electron chi connectivity index (χ0n) is 13.2. The van der Waals surface area contributed by atoms with Crippen LogP contribution in [0.2, 0.25) is 0 Å². The molecule has 1 heterocycles. The Morgan fingerprint density at radius 2 is 2.00 bits per heavy atom. The van der Waals surface area contributed by atoms with Gasteiger partial charge in [-0.05, 0) is 24.6 Å². The summed E-state index contributed by atoms with van der Waals surface area (Å²) in [7, 11) is 1.61. The van der Waals surface area contributed by atoms with Gasteiger partial charge in [-0.2, -0.15) is 0 Å². The van der Waals surface area contributed by atoms with Gasteiger partial charge < -0.3 is 14.5 Å². The van der Waals surface area contributed by atoms with Crippen molar-refractivity contribution in [3.05, 3.63) is 65.9 Å². The van der Waals surface area contributed by atoms with Crippen LogP contribution in [0.15, 0.2) is 59.2 Å². The molecule has 0 saturated heterocycles. The van der Waals surface area contributed by atoms with Crippen LogP contribution in [0.3, 0.4) is 0 Å². The summed E-state index contributed by atoms with van der Waals surface area (Å²) in [5.74, 6) is 0.709. The second-order valence-electron chi connectivity index (χ2n) is 5.50. The molecule has 118 valence electrons. The predicted molar refractivity (Wildman–Crippen MR) is 89.5 cm³/mol. The van der Waals surface area contributed by atoms with Crippen molar-refractivity contribution in [2.24, 2.45) is 0 Å². The summed E-state index contributed by atoms with van der Waals surface area (Å²) >= 11 is 0. The third kappa shape index (κ3) is 3.37. The van der Waals surface area contributed by atoms with Gasteiger partial charge in [0.2, 0.25) is 5.91 Å². The summed E-state index contributed by atoms with van der Waals surface area (Å²) in [5.41, 5.74) is 2.69. The molecule has 4 nitrogen and oxygen atoms in total. The fourth-order valence-electron chi connectivity index (χ4n) is 2.62. The van der Waals surface area contributed by atoms with Crippen molar-refractivity contribution >= 4 is 16.9 Å². The Morgan fingerprint density at radius 1 is 1.22 bits per heavy atom. The minimum absolute atomic E-state index is 0.0260. The number of hydrogen-bond donors (Lipinski definition) is 1. The highest BCUT2D eigenvalue weighted by molar-refractivity contribution is 5.88. The van der Waals surface area contributed by atoms with Crippen molar-refractivity contribution in [3.63, 3.8) is 0 Å². The first-order chi connectivity index (χ1) is 11.2. The van der Waals surface area contributed by atoms with Crippen molar-refractivity contribution in [2.45, 2.75) is 19.4 Å². The number of fused-ring (bicyclic) bond motifs is 1. The fraction of sp³-hybridized carbons (Fsp3) is 0.211. The first-order valence-electron chi connectivity index (χ1n) is 7.56. The number of carbonyl (C=O) groups excluding carboxylic acids is 1. The summed E-state index contributed by atoms with van der Waals surface area (Å²) in [6.07, 6.45) is 1.92. The third-order valence-corrected chi connectivity index (χ3v) is 3.89. The molecular formula is C19H19NO3. The van der Waals surface area contributed by atoms with Crippen LogP contribution in [0.1, 0.15) is 24.1 Å². The molecule has 3 rings (SSSR count). The number of benzene rings is 2. The molecule has 2 aromatic carbocycles. The molecule has 3 aromatic rings. The van der Waals surface area contributed by atoms with Crippen molar-refractivity contribution < 1.29 is 13.9 Å². The molecule has 0 fully saturated rings. The molecule has 1 atom stereocenters. The Bertz CT molecular complexity index is 808. The molecule has 0 bridgehead atoms. The number of rotatable bonds is 5. The van der Waals surface area contributed by atoms with Crippen molar-refractivity contribution in [3.8, 4) is 5.75 Å². The van der Waals surface area contributed by atoms with Crippen LogP contribution in [-0.2, 0) is 11.2 Å². The molecule has 0 aliphatic carbocycles. The average molecular weight is 309 g/mol. The second-order valence-corrected chi connectivity index (χ2v) is 5.50. The monoisotopic (exact) mass is 309 g/mol. The Kier molecular flexibility index (Phi) is 4.33. The molecule has 0 saturated carbocycles. The van der Waals surface area contributed by atoms with E-state index in [4.69, 9.17) is 9.15 Å². The van der Waals surface area contributed by atoms with Crippen molar-refractivity contribution in [2.75, 3.05) is 7.11 Å². The van der Waals surface area contributed by atoms with Gasteiger partial charge in [0.25, 0.3) is 0 Å². The Balaban J connectivity index is 1.71. The molecule has 0 aliphatic heterocycles. The van der Waals surface area contributed by atoms with Crippen molar-refractivity contribution in [1.82, 2.24) is 5.32 Å². The molecule has 1 amide bonds. The highest BCUT2D eigenvalue weighted by atomic mass is 16.5. The van der Waals surface area contributed by atoms with Crippen LogP contribution in [0.5, 0.6) is 5.75 Å². The van der Waals surface area contributed by atoms with Crippen LogP contribution >= 0.6 is 0 Å². The molecule has 4 heteroatoms. The lowest BCUT2D eigenvalue weighted by Crippen LogP contribution is -2.27. The third-order valence-electron chi connectivity index (χ3n) is 3.89. The minimum atomic E-state index is -0.0279. The SMILES string of the molecule is COc1ccc2c(CC(=O)N[C@H](C)c3ccccc3)coc2c1. The Hall–Kier alpha value is -2.75. The number of hydrogen-bond acceptors (Lipinski definition) is 3. The molecule has 1 N–H and O–H groups in total. The lowest BCUT2D eigenvalue weighted by Gasteiger charge is -2.14. The lowest BCUT2D eigenvalue weighted by molar-refractivity contribution is -0.121. The highest BCUT2D eigenvalue weighted by Crippen LogP contribution is 2.26. The van der Waals surface area contributed by atoms with Gasteiger partial charge in [0.15, 0.2) is 0 Å². The number of methoxy groups -OCH3 is 1. The summed E-state index contributed by atoms with van der Waals surface area (Å²) in [4.78, 5) is 12.3. The number of nitrogens with one attached hydrogen (secondary N) is 1. The summed E-state index contributed by atoms with van der Waals surface area (Å²) < 4.78 is 10.7. The van der Waals surface area contributed by atoms with Crippen LogP contribution < -0.4 is 10.1 Å². The maximum absolute atomic E-state index is 12.3. The molecule has 0 unspecified atom stereocenters. The number of furan rings is 1. The molecule has 23 heavy (non-hydrogen) atoms. The number of amides is 1. The first-order valence-corrected chi connectivity index (χ1v) is 7.56. The molecule has 0 radical (unpaired) electrons. The molecule has 0 aliphatic rings. The van der Waals surface area contributed by atoms with E-state index in [1.165, 1.54) is 0 Å². The van der Waals surface area contributed by atoms with E-state index in [1.54, 1.807) is 13.4 Å². The quantitative estimate of drug-likeness (QED) is 0.778. The van der Waals surface area contributed by atoms with E-state index in [1.807, 2.05) is 55.5 Å². The van der Waals surface area contributed by atoms with Gasteiger partial charge in [-0.1, -0.05) is 30.3 Å². The zero-order chi connectivity index (χ0) is 16.2. The van der Waals surface area contributed by atoms with Crippen LogP contribution in [0.4, 0.5) is 0 Å². The van der Waals surface area contributed by atoms with Crippen molar-refractivity contribution in [1.29, 1.82) is 0 Å². The van der Waals surface area contributed by atoms with Gasteiger partial charge >= 0.3 is 0 Å². The van der Waals surface area contributed by atoms with Crippen LogP contribution in [-0.4, -0.2) is 13.0 Å². The van der Waals surface area contributed by atoms with Gasteiger partial charge in [0, 0.05) is 17.0 Å². The average Bonchev–Trinajstić information content (AvgIpc) is 2.97. The maximum Gasteiger partial charge on any atom is 0.225 e. The van der Waals surface area contributed by atoms with E-state index in [-0.39, 0.29) is 18.4 Å². The second kappa shape index (κ2) is 6.57. The normalized spacial score (nSPS) is 12.1. The maximum atomic E-state index is 12.3. The lowest BCUT2D eigenvalue weighted by atomic mass is 10.1. The standard InChI is InChI=1S/C19H19NO3/c1-13(14-6-4-3-5-7-14)20-19(21)10-15-12-23-18-11-16(22-2)8-9-17(15)18/h3-9,11-13H,10H2,1-2H3,(H,20,21)/t13-/m1/s1. The molecular weight excluding hydrogens is 290 g/mol. The van der Waals surface area contributed by atoms with Gasteiger partial charge in [-0.25, -0.2) is 0 Å². The van der Waals surface area contributed by atoms with E-state index in [9.17, 15) is 4.79 Å². The molecule has 1 aromatic heterocycles. The van der Waals surface area contributed by atoms with E-state index in [0.29, 0.717) is 0 Å². The van der Waals surface area contributed by atoms with Gasteiger partial charge in [0.05, 0.1) is 25.8 Å². The first kappa shape index (κ1) is 15.2. The van der Waals surface area contributed by atoms with Crippen LogP contribution in [0, 0.1) is 0 Å². The summed E-state index contributed by atoms with van der Waals surface area (Å²) in [6.45, 7) is 1.98. The van der Waals surface area contributed by atoms with Gasteiger partial charge in [-0.3, -0.25) is 4.79 Å². The smallest absolute Gasteiger partial charge is 0.225 e. The largest absolute Gasteiger partial charge is 0.497 e. The summed E-state index contributed by atoms with van der Waals surface area (Å²) in [5, 5.41) is 3.95. The fourth-order valence-corrected chi connectivity index (χ4v) is 2.62. The zero-order valence-corrected chi connectivity index (χ0v) is 13.2. The number of ether oxygens (including phenoxy) is 1. The van der Waals surface area contributed by atoms with E-state index in [2.05, 4.69) is 5.32 Å². The Morgan fingerprint density at radius 3 is 2.74 bits per heavy atom. The topological polar surface area (TPSA) is 51.5 Å². The predicted octanol–water partition coefficient (Wildman–Crippen LogP) is 3.86. The summed E-state index contributed by atoms with van der Waals surface area (Å²) in [6, 6.07) is 15.5. The van der Waals surface area contributed by atoms with E-state index in [0.717, 1.165) is 27.8 Å². The highest BCUT2D eigenvalue weighted by Gasteiger charge is 2.13. The van der Waals surface area contributed by atoms with Crippen LogP contribution in [0.25, 0.3) is 11.0 Å². The van der Waals surface area contributed by atoms with Gasteiger partial charge in [0.1, 0.15) is 11.3 Å². The Labute approximate surface area is 135 Å². The minimum Gasteiger partial charge on any atom is -0.497 e. The molecule has 0 spiro atoms. The van der Waals surface area contributed by atoms with Gasteiger partial charge in [-0.15, -0.1) is 0 Å². The van der Waals surface area contributed by atoms with E-state index < -0.39 is 0 Å². The van der Waals surface area contributed by atoms with E-state index >= 15 is 0 Å².